The van der Waals surface area contributed by atoms with Gasteiger partial charge in [-0.15, -0.1) is 0 Å². The molecule has 0 bridgehead atoms. The highest BCUT2D eigenvalue weighted by atomic mass is 16.5. The minimum atomic E-state index is -0.278. The molecular formula is C24H34N2O4. The number of benzene rings is 1. The molecule has 0 unspecified atom stereocenters. The van der Waals surface area contributed by atoms with Crippen LogP contribution in [0, 0.1) is 0 Å². The summed E-state index contributed by atoms with van der Waals surface area (Å²) in [7, 11) is 1.46. The molecule has 0 atom stereocenters. The van der Waals surface area contributed by atoms with Gasteiger partial charge in [0.2, 0.25) is 0 Å². The first kappa shape index (κ1) is 21.2. The summed E-state index contributed by atoms with van der Waals surface area (Å²) < 4.78 is 17.2. The molecule has 1 aromatic heterocycles. The van der Waals surface area contributed by atoms with Crippen LogP contribution in [0.3, 0.4) is 0 Å². The Balaban J connectivity index is 1.85. The molecule has 0 saturated carbocycles. The quantitative estimate of drug-likeness (QED) is 0.713. The monoisotopic (exact) mass is 414 g/mol. The van der Waals surface area contributed by atoms with Gasteiger partial charge in [0, 0.05) is 48.9 Å². The first-order chi connectivity index (χ1) is 14.7. The van der Waals surface area contributed by atoms with E-state index in [1.165, 1.54) is 7.11 Å². The third-order valence-corrected chi connectivity index (χ3v) is 6.69. The van der Waals surface area contributed by atoms with E-state index in [1.807, 2.05) is 0 Å². The summed E-state index contributed by atoms with van der Waals surface area (Å²) in [5.74, 6) is 1.11. The van der Waals surface area contributed by atoms with E-state index in [2.05, 4.69) is 36.2 Å². The van der Waals surface area contributed by atoms with Crippen molar-refractivity contribution in [2.45, 2.75) is 57.9 Å². The Morgan fingerprint density at radius 2 is 1.90 bits per heavy atom. The van der Waals surface area contributed by atoms with Crippen molar-refractivity contribution in [2.75, 3.05) is 44.9 Å². The molecule has 2 aromatic rings. The molecule has 1 aromatic carbocycles. The first-order valence-corrected chi connectivity index (χ1v) is 11.4. The molecule has 6 nitrogen and oxygen atoms in total. The van der Waals surface area contributed by atoms with Crippen molar-refractivity contribution in [2.24, 2.45) is 0 Å². The van der Waals surface area contributed by atoms with Gasteiger partial charge in [0.15, 0.2) is 0 Å². The van der Waals surface area contributed by atoms with E-state index in [4.69, 9.17) is 13.9 Å². The molecule has 164 valence electrons. The molecule has 0 aliphatic carbocycles. The van der Waals surface area contributed by atoms with Crippen molar-refractivity contribution in [3.8, 4) is 0 Å². The summed E-state index contributed by atoms with van der Waals surface area (Å²) in [6.45, 7) is 8.76. The molecule has 2 aliphatic rings. The number of furan rings is 1. The van der Waals surface area contributed by atoms with Gasteiger partial charge < -0.3 is 24.1 Å². The van der Waals surface area contributed by atoms with Crippen LogP contribution in [-0.4, -0.2) is 52.0 Å². The summed E-state index contributed by atoms with van der Waals surface area (Å²) in [4.78, 5) is 15.4. The smallest absolute Gasteiger partial charge is 0.338 e. The van der Waals surface area contributed by atoms with Crippen molar-refractivity contribution in [3.63, 3.8) is 0 Å². The maximum atomic E-state index is 12.9. The summed E-state index contributed by atoms with van der Waals surface area (Å²) in [6, 6.07) is 4.66. The van der Waals surface area contributed by atoms with E-state index >= 15 is 0 Å². The Morgan fingerprint density at radius 1 is 1.17 bits per heavy atom. The molecule has 0 radical (unpaired) electrons. The minimum absolute atomic E-state index is 0.278. The number of ether oxygens (including phenoxy) is 2. The molecule has 2 saturated heterocycles. The van der Waals surface area contributed by atoms with Crippen LogP contribution in [0.4, 0.5) is 5.69 Å². The Kier molecular flexibility index (Phi) is 6.64. The normalized spacial score (nSPS) is 18.6. The second-order valence-electron chi connectivity index (χ2n) is 8.31. The number of carbonyl (C=O) groups excluding carboxylic acids is 1. The molecule has 0 amide bonds. The van der Waals surface area contributed by atoms with Crippen LogP contribution in [0.25, 0.3) is 11.0 Å². The Morgan fingerprint density at radius 3 is 2.53 bits per heavy atom. The third-order valence-electron chi connectivity index (χ3n) is 6.69. The number of esters is 1. The summed E-state index contributed by atoms with van der Waals surface area (Å²) in [5.41, 5.74) is 3.62. The number of nitrogens with one attached hydrogen (secondary N) is 1. The molecule has 6 heteroatoms. The van der Waals surface area contributed by atoms with Gasteiger partial charge >= 0.3 is 5.97 Å². The highest BCUT2D eigenvalue weighted by Crippen LogP contribution is 2.39. The van der Waals surface area contributed by atoms with E-state index in [1.54, 1.807) is 0 Å². The van der Waals surface area contributed by atoms with Crippen LogP contribution >= 0.6 is 0 Å². The van der Waals surface area contributed by atoms with Gasteiger partial charge in [-0.25, -0.2) is 4.79 Å². The summed E-state index contributed by atoms with van der Waals surface area (Å²) in [6.07, 6.45) is 4.89. The van der Waals surface area contributed by atoms with Crippen LogP contribution < -0.4 is 10.2 Å². The van der Waals surface area contributed by atoms with E-state index in [0.717, 1.165) is 92.9 Å². The average molecular weight is 415 g/mol. The Hall–Kier alpha value is -2.05. The van der Waals surface area contributed by atoms with Gasteiger partial charge in [-0.1, -0.05) is 6.92 Å². The summed E-state index contributed by atoms with van der Waals surface area (Å²) >= 11 is 0. The van der Waals surface area contributed by atoms with Crippen LogP contribution in [-0.2, 0) is 15.9 Å². The lowest BCUT2D eigenvalue weighted by molar-refractivity contribution is 0.0601. The van der Waals surface area contributed by atoms with E-state index < -0.39 is 0 Å². The molecule has 3 heterocycles. The largest absolute Gasteiger partial charge is 0.465 e. The van der Waals surface area contributed by atoms with Gasteiger partial charge in [-0.2, -0.15) is 0 Å². The van der Waals surface area contributed by atoms with Crippen LogP contribution in [0.5, 0.6) is 0 Å². The Labute approximate surface area is 178 Å². The molecule has 4 rings (SSSR count). The number of hydrogen-bond acceptors (Lipinski definition) is 6. The SMILES string of the molecule is CCc1c(N(CC)C2CCOCC2)cc2oc(C3CCNCC3)cc2c1C(=O)OC. The number of methoxy groups -OCH3 is 1. The molecular weight excluding hydrogens is 380 g/mol. The van der Waals surface area contributed by atoms with Crippen molar-refractivity contribution in [1.82, 2.24) is 5.32 Å². The molecule has 0 spiro atoms. The number of rotatable bonds is 6. The van der Waals surface area contributed by atoms with E-state index in [-0.39, 0.29) is 5.97 Å². The van der Waals surface area contributed by atoms with Crippen LogP contribution in [0.2, 0.25) is 0 Å². The second-order valence-corrected chi connectivity index (χ2v) is 8.31. The maximum Gasteiger partial charge on any atom is 0.338 e. The standard InChI is InChI=1S/C24H34N2O4/c1-4-18-20(26(5-2)17-8-12-29-13-9-17)15-22-19(23(18)24(27)28-3)14-21(30-22)16-6-10-25-11-7-16/h14-17,25H,4-13H2,1-3H3. The lowest BCUT2D eigenvalue weighted by Crippen LogP contribution is -2.40. The van der Waals surface area contributed by atoms with E-state index in [9.17, 15) is 4.79 Å². The molecule has 2 fully saturated rings. The fourth-order valence-electron chi connectivity index (χ4n) is 5.11. The van der Waals surface area contributed by atoms with Crippen LogP contribution in [0.15, 0.2) is 16.5 Å². The van der Waals surface area contributed by atoms with Crippen LogP contribution in [0.1, 0.15) is 67.1 Å². The van der Waals surface area contributed by atoms with Gasteiger partial charge in [0.05, 0.1) is 12.7 Å². The Bertz CT molecular complexity index is 879. The van der Waals surface area contributed by atoms with Gasteiger partial charge in [0.25, 0.3) is 0 Å². The van der Waals surface area contributed by atoms with Crippen molar-refractivity contribution in [3.05, 3.63) is 29.0 Å². The zero-order valence-electron chi connectivity index (χ0n) is 18.5. The number of nitrogens with zero attached hydrogens (tertiary/aromatic N) is 1. The highest BCUT2D eigenvalue weighted by molar-refractivity contribution is 6.07. The minimum Gasteiger partial charge on any atom is -0.465 e. The van der Waals surface area contributed by atoms with Crippen molar-refractivity contribution >= 4 is 22.6 Å². The van der Waals surface area contributed by atoms with Crippen molar-refractivity contribution in [1.29, 1.82) is 0 Å². The van der Waals surface area contributed by atoms with Gasteiger partial charge in [-0.3, -0.25) is 0 Å². The van der Waals surface area contributed by atoms with Gasteiger partial charge in [0.1, 0.15) is 11.3 Å². The maximum absolute atomic E-state index is 12.9. The number of carbonyl (C=O) groups is 1. The zero-order chi connectivity index (χ0) is 21.1. The lowest BCUT2D eigenvalue weighted by Gasteiger charge is -2.36. The summed E-state index contributed by atoms with van der Waals surface area (Å²) in [5, 5.41) is 4.30. The molecule has 1 N–H and O–H groups in total. The fourth-order valence-corrected chi connectivity index (χ4v) is 5.11. The van der Waals surface area contributed by atoms with E-state index in [0.29, 0.717) is 17.5 Å². The number of hydrogen-bond donors (Lipinski definition) is 1. The predicted molar refractivity (Wildman–Crippen MR) is 119 cm³/mol. The second kappa shape index (κ2) is 9.40. The molecule has 2 aliphatic heterocycles. The lowest BCUT2D eigenvalue weighted by atomic mass is 9.93. The first-order valence-electron chi connectivity index (χ1n) is 11.4. The number of anilines is 1. The zero-order valence-corrected chi connectivity index (χ0v) is 18.5. The highest BCUT2D eigenvalue weighted by Gasteiger charge is 2.29. The van der Waals surface area contributed by atoms with Crippen molar-refractivity contribution < 1.29 is 18.7 Å². The predicted octanol–water partition coefficient (Wildman–Crippen LogP) is 4.25. The number of fused-ring (bicyclic) bond motifs is 1. The molecule has 30 heavy (non-hydrogen) atoms. The fraction of sp³-hybridized carbons (Fsp3) is 0.625. The average Bonchev–Trinajstić information content (AvgIpc) is 3.23. The number of piperidine rings is 1. The van der Waals surface area contributed by atoms with Gasteiger partial charge in [-0.05, 0) is 63.7 Å². The topological polar surface area (TPSA) is 63.9 Å². The third kappa shape index (κ3) is 3.95.